The smallest absolute Gasteiger partial charge is 0.184 e. The van der Waals surface area contributed by atoms with Crippen LogP contribution in [-0.2, 0) is 4.43 Å². The van der Waals surface area contributed by atoms with Crippen LogP contribution in [0.2, 0.25) is 19.6 Å². The Hall–Kier alpha value is -0.123. The first-order chi connectivity index (χ1) is 6.40. The molecule has 1 aromatic rings. The highest BCUT2D eigenvalue weighted by Gasteiger charge is 2.20. The molecule has 0 saturated heterocycles. The summed E-state index contributed by atoms with van der Waals surface area (Å²) in [7, 11) is -1.45. The van der Waals surface area contributed by atoms with Crippen molar-refractivity contribution in [1.82, 2.24) is 0 Å². The monoisotopic (exact) mass is 272 g/mol. The first-order valence-corrected chi connectivity index (χ1v) is 9.02. The Morgan fingerprint density at radius 3 is 2.29 bits per heavy atom. The van der Waals surface area contributed by atoms with E-state index in [1.807, 2.05) is 12.1 Å². The molecule has 3 heteroatoms. The summed E-state index contributed by atoms with van der Waals surface area (Å²) in [5.41, 5.74) is 1.23. The highest BCUT2D eigenvalue weighted by atomic mass is 79.9. The number of benzene rings is 1. The molecule has 78 valence electrons. The van der Waals surface area contributed by atoms with Crippen molar-refractivity contribution in [1.29, 1.82) is 0 Å². The van der Waals surface area contributed by atoms with Gasteiger partial charge in [-0.25, -0.2) is 0 Å². The van der Waals surface area contributed by atoms with E-state index in [9.17, 15) is 0 Å². The highest BCUT2D eigenvalue weighted by Crippen LogP contribution is 2.27. The molecule has 0 N–H and O–H groups in total. The molecule has 0 aromatic heterocycles. The van der Waals surface area contributed by atoms with Crippen molar-refractivity contribution in [3.05, 3.63) is 34.3 Å². The Kier molecular flexibility index (Phi) is 3.92. The summed E-state index contributed by atoms with van der Waals surface area (Å²) in [5.74, 6) is 0. The van der Waals surface area contributed by atoms with Gasteiger partial charge >= 0.3 is 0 Å². The van der Waals surface area contributed by atoms with Gasteiger partial charge in [-0.15, -0.1) is 0 Å². The lowest BCUT2D eigenvalue weighted by molar-refractivity contribution is 0.218. The van der Waals surface area contributed by atoms with Crippen molar-refractivity contribution in [2.24, 2.45) is 0 Å². The molecule has 0 heterocycles. The van der Waals surface area contributed by atoms with Crippen molar-refractivity contribution >= 4 is 24.2 Å². The molecule has 14 heavy (non-hydrogen) atoms. The van der Waals surface area contributed by atoms with Crippen molar-refractivity contribution in [2.45, 2.75) is 32.7 Å². The molecule has 0 fully saturated rings. The lowest BCUT2D eigenvalue weighted by Crippen LogP contribution is -2.27. The SMILES string of the molecule is CC(O[Si](C)(C)C)c1ccccc1Br. The van der Waals surface area contributed by atoms with Crippen molar-refractivity contribution in [3.63, 3.8) is 0 Å². The van der Waals surface area contributed by atoms with Crippen LogP contribution in [0.25, 0.3) is 0 Å². The molecule has 0 aliphatic carbocycles. The van der Waals surface area contributed by atoms with Gasteiger partial charge in [-0.05, 0) is 38.2 Å². The minimum Gasteiger partial charge on any atom is -0.411 e. The van der Waals surface area contributed by atoms with E-state index >= 15 is 0 Å². The van der Waals surface area contributed by atoms with Crippen LogP contribution in [0.3, 0.4) is 0 Å². The van der Waals surface area contributed by atoms with E-state index < -0.39 is 8.32 Å². The van der Waals surface area contributed by atoms with E-state index in [0.29, 0.717) is 0 Å². The molecule has 0 radical (unpaired) electrons. The molecular weight excluding hydrogens is 256 g/mol. The van der Waals surface area contributed by atoms with Gasteiger partial charge in [0.2, 0.25) is 0 Å². The fourth-order valence-corrected chi connectivity index (χ4v) is 3.19. The summed E-state index contributed by atoms with van der Waals surface area (Å²) >= 11 is 3.54. The minimum atomic E-state index is -1.45. The fourth-order valence-electron chi connectivity index (χ4n) is 1.40. The van der Waals surface area contributed by atoms with Gasteiger partial charge in [0, 0.05) is 4.47 Å². The number of halogens is 1. The Balaban J connectivity index is 2.80. The van der Waals surface area contributed by atoms with Crippen molar-refractivity contribution in [2.75, 3.05) is 0 Å². The summed E-state index contributed by atoms with van der Waals surface area (Å²) in [4.78, 5) is 0. The number of hydrogen-bond acceptors (Lipinski definition) is 1. The van der Waals surface area contributed by atoms with Gasteiger partial charge in [0.15, 0.2) is 8.32 Å². The lowest BCUT2D eigenvalue weighted by atomic mass is 10.1. The third-order valence-electron chi connectivity index (χ3n) is 1.87. The fraction of sp³-hybridized carbons (Fsp3) is 0.455. The second kappa shape index (κ2) is 4.60. The molecule has 1 nitrogen and oxygen atoms in total. The van der Waals surface area contributed by atoms with Crippen LogP contribution in [-0.4, -0.2) is 8.32 Å². The summed E-state index contributed by atoms with van der Waals surface area (Å²) in [6.07, 6.45) is 0.178. The molecule has 1 atom stereocenters. The average molecular weight is 273 g/mol. The van der Waals surface area contributed by atoms with Crippen LogP contribution in [0, 0.1) is 0 Å². The standard InChI is InChI=1S/C11H17BrOSi/c1-9(13-14(2,3)4)10-7-5-6-8-11(10)12/h5-9H,1-4H3. The van der Waals surface area contributed by atoms with E-state index in [0.717, 1.165) is 4.47 Å². The molecular formula is C11H17BrOSi. The maximum Gasteiger partial charge on any atom is 0.184 e. The van der Waals surface area contributed by atoms with Gasteiger partial charge in [-0.2, -0.15) is 0 Å². The van der Waals surface area contributed by atoms with Gasteiger partial charge in [0.1, 0.15) is 0 Å². The quantitative estimate of drug-likeness (QED) is 0.743. The second-order valence-electron chi connectivity index (χ2n) is 4.39. The van der Waals surface area contributed by atoms with Gasteiger partial charge in [0.25, 0.3) is 0 Å². The first kappa shape index (κ1) is 11.9. The van der Waals surface area contributed by atoms with E-state index in [4.69, 9.17) is 4.43 Å². The lowest BCUT2D eigenvalue weighted by Gasteiger charge is -2.24. The van der Waals surface area contributed by atoms with Crippen LogP contribution in [0.15, 0.2) is 28.7 Å². The van der Waals surface area contributed by atoms with Gasteiger partial charge in [-0.3, -0.25) is 0 Å². The van der Waals surface area contributed by atoms with Crippen molar-refractivity contribution < 1.29 is 4.43 Å². The maximum atomic E-state index is 6.01. The predicted molar refractivity (Wildman–Crippen MR) is 67.0 cm³/mol. The first-order valence-electron chi connectivity index (χ1n) is 4.82. The number of rotatable bonds is 3. The molecule has 0 aliphatic heterocycles. The molecule has 1 rings (SSSR count). The van der Waals surface area contributed by atoms with E-state index in [1.54, 1.807) is 0 Å². The summed E-state index contributed by atoms with van der Waals surface area (Å²) < 4.78 is 7.14. The topological polar surface area (TPSA) is 9.23 Å². The summed E-state index contributed by atoms with van der Waals surface area (Å²) in [6.45, 7) is 8.74. The van der Waals surface area contributed by atoms with E-state index in [2.05, 4.69) is 54.6 Å². The molecule has 0 spiro atoms. The molecule has 0 saturated carbocycles. The Bertz CT molecular complexity index is 306. The zero-order valence-corrected chi connectivity index (χ0v) is 11.8. The molecule has 0 aliphatic rings. The Morgan fingerprint density at radius 1 is 1.21 bits per heavy atom. The number of hydrogen-bond donors (Lipinski definition) is 0. The molecule has 1 aromatic carbocycles. The van der Waals surface area contributed by atoms with Crippen molar-refractivity contribution in [3.8, 4) is 0 Å². The van der Waals surface area contributed by atoms with Crippen LogP contribution in [0.4, 0.5) is 0 Å². The molecule has 0 amide bonds. The normalized spacial score (nSPS) is 14.1. The zero-order chi connectivity index (χ0) is 10.8. The van der Waals surface area contributed by atoms with Gasteiger partial charge < -0.3 is 4.43 Å². The van der Waals surface area contributed by atoms with E-state index in [1.165, 1.54) is 5.56 Å². The minimum absolute atomic E-state index is 0.178. The second-order valence-corrected chi connectivity index (χ2v) is 9.71. The maximum absolute atomic E-state index is 6.01. The third-order valence-corrected chi connectivity index (χ3v) is 3.66. The van der Waals surface area contributed by atoms with Gasteiger partial charge in [-0.1, -0.05) is 34.1 Å². The van der Waals surface area contributed by atoms with E-state index in [-0.39, 0.29) is 6.10 Å². The largest absolute Gasteiger partial charge is 0.411 e. The van der Waals surface area contributed by atoms with Crippen LogP contribution in [0.5, 0.6) is 0 Å². The Morgan fingerprint density at radius 2 is 1.79 bits per heavy atom. The summed E-state index contributed by atoms with van der Waals surface area (Å²) in [6, 6.07) is 8.23. The average Bonchev–Trinajstić information content (AvgIpc) is 2.01. The highest BCUT2D eigenvalue weighted by molar-refractivity contribution is 9.10. The third kappa shape index (κ3) is 3.56. The van der Waals surface area contributed by atoms with Gasteiger partial charge in [0.05, 0.1) is 6.10 Å². The molecule has 0 bridgehead atoms. The predicted octanol–water partition coefficient (Wildman–Crippen LogP) is 4.36. The van der Waals surface area contributed by atoms with Crippen LogP contribution < -0.4 is 0 Å². The van der Waals surface area contributed by atoms with Crippen LogP contribution >= 0.6 is 15.9 Å². The molecule has 1 unspecified atom stereocenters. The van der Waals surface area contributed by atoms with Crippen LogP contribution in [0.1, 0.15) is 18.6 Å². The zero-order valence-electron chi connectivity index (χ0n) is 9.17. The summed E-state index contributed by atoms with van der Waals surface area (Å²) in [5, 5.41) is 0. The Labute approximate surface area is 95.7 Å².